The van der Waals surface area contributed by atoms with E-state index in [9.17, 15) is 14.7 Å². The standard InChI is InChI=1S/C17H20N2O4/c1-3-17(4-2,16(21)22)11-18-15(20)13-10-14(23-19-13)12-8-6-5-7-9-12/h5-10H,3-4,11H2,1-2H3,(H,18,20)(H,21,22). The van der Waals surface area contributed by atoms with E-state index in [1.165, 1.54) is 0 Å². The molecule has 6 heteroatoms. The van der Waals surface area contributed by atoms with Gasteiger partial charge in [-0.15, -0.1) is 0 Å². The number of hydrogen-bond acceptors (Lipinski definition) is 4. The number of carboxylic acids is 1. The van der Waals surface area contributed by atoms with Gasteiger partial charge in [0, 0.05) is 18.2 Å². The van der Waals surface area contributed by atoms with E-state index in [0.717, 1.165) is 5.56 Å². The highest BCUT2D eigenvalue weighted by atomic mass is 16.5. The van der Waals surface area contributed by atoms with Gasteiger partial charge >= 0.3 is 5.97 Å². The summed E-state index contributed by atoms with van der Waals surface area (Å²) in [5, 5.41) is 15.8. The van der Waals surface area contributed by atoms with Crippen LogP contribution in [0.4, 0.5) is 0 Å². The van der Waals surface area contributed by atoms with Gasteiger partial charge in [0.1, 0.15) is 0 Å². The van der Waals surface area contributed by atoms with Crippen molar-refractivity contribution in [3.05, 3.63) is 42.1 Å². The van der Waals surface area contributed by atoms with E-state index in [0.29, 0.717) is 18.6 Å². The summed E-state index contributed by atoms with van der Waals surface area (Å²) in [6.45, 7) is 3.66. The van der Waals surface area contributed by atoms with E-state index in [-0.39, 0.29) is 12.2 Å². The number of aromatic nitrogens is 1. The first-order valence-corrected chi connectivity index (χ1v) is 7.56. The average Bonchev–Trinajstić information content (AvgIpc) is 3.06. The van der Waals surface area contributed by atoms with Crippen LogP contribution in [0.3, 0.4) is 0 Å². The fourth-order valence-corrected chi connectivity index (χ4v) is 2.34. The van der Waals surface area contributed by atoms with Crippen LogP contribution in [0.25, 0.3) is 11.3 Å². The Kier molecular flexibility index (Phi) is 5.16. The summed E-state index contributed by atoms with van der Waals surface area (Å²) >= 11 is 0. The molecule has 0 saturated carbocycles. The van der Waals surface area contributed by atoms with Gasteiger partial charge in [-0.1, -0.05) is 49.3 Å². The van der Waals surface area contributed by atoms with Crippen LogP contribution in [0.15, 0.2) is 40.9 Å². The van der Waals surface area contributed by atoms with Crippen molar-refractivity contribution in [3.63, 3.8) is 0 Å². The van der Waals surface area contributed by atoms with Gasteiger partial charge in [-0.25, -0.2) is 0 Å². The lowest BCUT2D eigenvalue weighted by molar-refractivity contribution is -0.149. The fourth-order valence-electron chi connectivity index (χ4n) is 2.34. The first-order chi connectivity index (χ1) is 11.0. The molecule has 0 radical (unpaired) electrons. The van der Waals surface area contributed by atoms with Crippen LogP contribution in [0.2, 0.25) is 0 Å². The second-order valence-corrected chi connectivity index (χ2v) is 5.42. The number of benzene rings is 1. The van der Waals surface area contributed by atoms with E-state index in [2.05, 4.69) is 10.5 Å². The smallest absolute Gasteiger partial charge is 0.311 e. The van der Waals surface area contributed by atoms with Gasteiger partial charge in [-0.3, -0.25) is 9.59 Å². The lowest BCUT2D eigenvalue weighted by atomic mass is 9.82. The van der Waals surface area contributed by atoms with Crippen LogP contribution >= 0.6 is 0 Å². The molecule has 2 rings (SSSR count). The molecular weight excluding hydrogens is 296 g/mol. The minimum absolute atomic E-state index is 0.0572. The quantitative estimate of drug-likeness (QED) is 0.819. The first kappa shape index (κ1) is 16.7. The molecule has 0 aliphatic heterocycles. The Bertz CT molecular complexity index is 675. The molecule has 0 unspecified atom stereocenters. The number of amides is 1. The highest BCUT2D eigenvalue weighted by molar-refractivity contribution is 5.93. The zero-order valence-corrected chi connectivity index (χ0v) is 13.2. The summed E-state index contributed by atoms with van der Waals surface area (Å²) < 4.78 is 5.18. The Labute approximate surface area is 134 Å². The van der Waals surface area contributed by atoms with Crippen LogP contribution in [0.5, 0.6) is 0 Å². The summed E-state index contributed by atoms with van der Waals surface area (Å²) in [5.41, 5.74) is -0.00169. The van der Waals surface area contributed by atoms with E-state index in [4.69, 9.17) is 4.52 Å². The Morgan fingerprint density at radius 3 is 2.43 bits per heavy atom. The van der Waals surface area contributed by atoms with Crippen molar-refractivity contribution in [2.75, 3.05) is 6.54 Å². The lowest BCUT2D eigenvalue weighted by Gasteiger charge is -2.26. The van der Waals surface area contributed by atoms with Crippen LogP contribution < -0.4 is 5.32 Å². The topological polar surface area (TPSA) is 92.4 Å². The molecular formula is C17H20N2O4. The monoisotopic (exact) mass is 316 g/mol. The van der Waals surface area contributed by atoms with Gasteiger partial charge in [0.05, 0.1) is 5.41 Å². The maximum absolute atomic E-state index is 12.2. The Hall–Kier alpha value is -2.63. The molecule has 0 fully saturated rings. The van der Waals surface area contributed by atoms with Crippen molar-refractivity contribution in [3.8, 4) is 11.3 Å². The van der Waals surface area contributed by atoms with Gasteiger partial charge in [0.25, 0.3) is 5.91 Å². The SMILES string of the molecule is CCC(CC)(CNC(=O)c1cc(-c2ccccc2)on1)C(=O)O. The molecule has 1 amide bonds. The highest BCUT2D eigenvalue weighted by Gasteiger charge is 2.35. The summed E-state index contributed by atoms with van der Waals surface area (Å²) in [6, 6.07) is 10.9. The van der Waals surface area contributed by atoms with E-state index in [1.807, 2.05) is 30.3 Å². The van der Waals surface area contributed by atoms with Gasteiger partial charge in [0.2, 0.25) is 0 Å². The molecule has 0 aliphatic rings. The van der Waals surface area contributed by atoms with Crippen molar-refractivity contribution in [2.45, 2.75) is 26.7 Å². The Balaban J connectivity index is 2.07. The number of nitrogens with one attached hydrogen (secondary N) is 1. The Morgan fingerprint density at radius 1 is 1.22 bits per heavy atom. The molecule has 0 spiro atoms. The van der Waals surface area contributed by atoms with Crippen LogP contribution in [0, 0.1) is 5.41 Å². The van der Waals surface area contributed by atoms with Crippen molar-refractivity contribution in [1.29, 1.82) is 0 Å². The molecule has 1 aromatic heterocycles. The number of hydrogen-bond donors (Lipinski definition) is 2. The van der Waals surface area contributed by atoms with Gasteiger partial charge < -0.3 is 14.9 Å². The number of carbonyl (C=O) groups excluding carboxylic acids is 1. The van der Waals surface area contributed by atoms with Gasteiger partial charge in [-0.2, -0.15) is 0 Å². The van der Waals surface area contributed by atoms with Crippen LogP contribution in [-0.2, 0) is 4.79 Å². The maximum Gasteiger partial charge on any atom is 0.311 e. The summed E-state index contributed by atoms with van der Waals surface area (Å²) in [4.78, 5) is 23.6. The normalized spacial score (nSPS) is 11.2. The van der Waals surface area contributed by atoms with Crippen LogP contribution in [-0.4, -0.2) is 28.7 Å². The molecule has 0 bridgehead atoms. The predicted octanol–water partition coefficient (Wildman–Crippen LogP) is 2.96. The number of carbonyl (C=O) groups is 2. The number of nitrogens with zero attached hydrogens (tertiary/aromatic N) is 1. The van der Waals surface area contributed by atoms with Crippen molar-refractivity contribution < 1.29 is 19.2 Å². The molecule has 0 atom stereocenters. The lowest BCUT2D eigenvalue weighted by Crippen LogP contribution is -2.42. The zero-order chi connectivity index (χ0) is 16.9. The number of aliphatic carboxylic acids is 1. The second-order valence-electron chi connectivity index (χ2n) is 5.42. The van der Waals surface area contributed by atoms with Crippen molar-refractivity contribution >= 4 is 11.9 Å². The molecule has 0 aliphatic carbocycles. The fraction of sp³-hybridized carbons (Fsp3) is 0.353. The highest BCUT2D eigenvalue weighted by Crippen LogP contribution is 2.26. The minimum Gasteiger partial charge on any atom is -0.481 e. The van der Waals surface area contributed by atoms with Crippen molar-refractivity contribution in [1.82, 2.24) is 10.5 Å². The molecule has 1 heterocycles. The average molecular weight is 316 g/mol. The number of carboxylic acid groups (broad SMARTS) is 1. The van der Waals surface area contributed by atoms with E-state index in [1.54, 1.807) is 19.9 Å². The molecule has 2 N–H and O–H groups in total. The summed E-state index contributed by atoms with van der Waals surface area (Å²) in [6.07, 6.45) is 0.875. The van der Waals surface area contributed by atoms with Gasteiger partial charge in [0.15, 0.2) is 11.5 Å². The third-order valence-electron chi connectivity index (χ3n) is 4.20. The first-order valence-electron chi connectivity index (χ1n) is 7.56. The minimum atomic E-state index is -0.957. The largest absolute Gasteiger partial charge is 0.481 e. The third kappa shape index (κ3) is 3.59. The molecule has 6 nitrogen and oxygen atoms in total. The number of rotatable bonds is 7. The zero-order valence-electron chi connectivity index (χ0n) is 13.2. The molecule has 0 saturated heterocycles. The van der Waals surface area contributed by atoms with Crippen molar-refractivity contribution in [2.24, 2.45) is 5.41 Å². The second kappa shape index (κ2) is 7.09. The predicted molar refractivity (Wildman–Crippen MR) is 84.9 cm³/mol. The van der Waals surface area contributed by atoms with E-state index >= 15 is 0 Å². The van der Waals surface area contributed by atoms with E-state index < -0.39 is 17.3 Å². The van der Waals surface area contributed by atoms with Gasteiger partial charge in [-0.05, 0) is 12.8 Å². The maximum atomic E-state index is 12.2. The molecule has 1 aromatic carbocycles. The molecule has 2 aromatic rings. The summed E-state index contributed by atoms with van der Waals surface area (Å²) in [5.74, 6) is -0.859. The summed E-state index contributed by atoms with van der Waals surface area (Å²) in [7, 11) is 0. The van der Waals surface area contributed by atoms with Crippen LogP contribution in [0.1, 0.15) is 37.2 Å². The third-order valence-corrected chi connectivity index (χ3v) is 4.20. The molecule has 23 heavy (non-hydrogen) atoms. The molecule has 122 valence electrons. The Morgan fingerprint density at radius 2 is 1.87 bits per heavy atom.